The molecule has 0 fully saturated rings. The van der Waals surface area contributed by atoms with E-state index in [0.29, 0.717) is 12.2 Å². The van der Waals surface area contributed by atoms with E-state index in [1.165, 1.54) is 23.5 Å². The van der Waals surface area contributed by atoms with Gasteiger partial charge in [-0.1, -0.05) is 20.8 Å². The number of halogens is 1. The van der Waals surface area contributed by atoms with Crippen LogP contribution >= 0.6 is 11.3 Å². The van der Waals surface area contributed by atoms with E-state index in [1.807, 2.05) is 26.2 Å². The van der Waals surface area contributed by atoms with E-state index in [0.717, 1.165) is 10.8 Å². The largest absolute Gasteiger partial charge is 0.365 e. The van der Waals surface area contributed by atoms with Crippen molar-refractivity contribution in [3.8, 4) is 0 Å². The molecule has 1 aromatic carbocycles. The first kappa shape index (κ1) is 16.4. The molecule has 0 aliphatic heterocycles. The summed E-state index contributed by atoms with van der Waals surface area (Å²) in [6.45, 7) is 5.96. The predicted octanol–water partition coefficient (Wildman–Crippen LogP) is 3.90. The molecule has 2 rings (SSSR count). The molecule has 1 aromatic heterocycles. The third-order valence-corrected chi connectivity index (χ3v) is 4.02. The number of thiazole rings is 1. The van der Waals surface area contributed by atoms with E-state index in [9.17, 15) is 9.18 Å². The molecular formula is C16H20FN3OS. The first-order chi connectivity index (χ1) is 10.3. The van der Waals surface area contributed by atoms with Crippen LogP contribution in [0.5, 0.6) is 0 Å². The lowest BCUT2D eigenvalue weighted by atomic mass is 9.94. The molecule has 0 spiro atoms. The third kappa shape index (κ3) is 3.82. The summed E-state index contributed by atoms with van der Waals surface area (Å²) in [6.07, 6.45) is 0. The van der Waals surface area contributed by atoms with Crippen LogP contribution < -0.4 is 10.2 Å². The minimum Gasteiger partial charge on any atom is -0.365 e. The van der Waals surface area contributed by atoms with E-state index in [1.54, 1.807) is 24.1 Å². The molecule has 0 saturated carbocycles. The average Bonchev–Trinajstić information content (AvgIpc) is 2.92. The topological polar surface area (TPSA) is 45.2 Å². The number of aromatic nitrogens is 1. The van der Waals surface area contributed by atoms with Crippen LogP contribution in [0.25, 0.3) is 0 Å². The van der Waals surface area contributed by atoms with Crippen molar-refractivity contribution >= 4 is 28.1 Å². The quantitative estimate of drug-likeness (QED) is 0.929. The van der Waals surface area contributed by atoms with Crippen molar-refractivity contribution in [1.82, 2.24) is 4.98 Å². The Bertz CT molecular complexity index is 646. The zero-order valence-corrected chi connectivity index (χ0v) is 14.0. The second kappa shape index (κ2) is 6.44. The highest BCUT2D eigenvalue weighted by atomic mass is 32.1. The Balaban J connectivity index is 2.32. The van der Waals surface area contributed by atoms with E-state index < -0.39 is 5.41 Å². The Morgan fingerprint density at radius 3 is 2.45 bits per heavy atom. The van der Waals surface area contributed by atoms with Crippen molar-refractivity contribution in [2.75, 3.05) is 17.3 Å². The summed E-state index contributed by atoms with van der Waals surface area (Å²) in [5.41, 5.74) is 0.938. The lowest BCUT2D eigenvalue weighted by Crippen LogP contribution is -2.39. The Hall–Kier alpha value is -1.95. The molecule has 1 amide bonds. The van der Waals surface area contributed by atoms with E-state index in [-0.39, 0.29) is 11.7 Å². The summed E-state index contributed by atoms with van der Waals surface area (Å²) >= 11 is 1.49. The van der Waals surface area contributed by atoms with Crippen molar-refractivity contribution in [3.63, 3.8) is 0 Å². The van der Waals surface area contributed by atoms with E-state index in [2.05, 4.69) is 10.3 Å². The van der Waals surface area contributed by atoms with Gasteiger partial charge in [0.2, 0.25) is 5.91 Å². The highest BCUT2D eigenvalue weighted by Gasteiger charge is 2.29. The average molecular weight is 321 g/mol. The maximum absolute atomic E-state index is 13.1. The van der Waals surface area contributed by atoms with Crippen molar-refractivity contribution < 1.29 is 9.18 Å². The summed E-state index contributed by atoms with van der Waals surface area (Å²) in [6, 6.07) is 5.95. The molecule has 118 valence electrons. The Kier molecular flexibility index (Phi) is 4.81. The van der Waals surface area contributed by atoms with Crippen molar-refractivity contribution in [2.45, 2.75) is 27.3 Å². The maximum atomic E-state index is 13.1. The van der Waals surface area contributed by atoms with Gasteiger partial charge < -0.3 is 10.2 Å². The van der Waals surface area contributed by atoms with Crippen molar-refractivity contribution in [2.24, 2.45) is 5.41 Å². The van der Waals surface area contributed by atoms with Gasteiger partial charge in [-0.2, -0.15) is 0 Å². The van der Waals surface area contributed by atoms with Gasteiger partial charge >= 0.3 is 0 Å². The number of benzene rings is 1. The van der Waals surface area contributed by atoms with E-state index in [4.69, 9.17) is 0 Å². The molecule has 22 heavy (non-hydrogen) atoms. The number of nitrogens with zero attached hydrogens (tertiary/aromatic N) is 2. The second-order valence-electron chi connectivity index (χ2n) is 6.01. The van der Waals surface area contributed by atoms with Crippen LogP contribution in [0.4, 0.5) is 15.2 Å². The van der Waals surface area contributed by atoms with Crippen molar-refractivity contribution in [3.05, 3.63) is 41.2 Å². The van der Waals surface area contributed by atoms with Gasteiger partial charge in [0.15, 0.2) is 5.13 Å². The van der Waals surface area contributed by atoms with Gasteiger partial charge in [-0.05, 0) is 24.3 Å². The van der Waals surface area contributed by atoms with Gasteiger partial charge in [0.1, 0.15) is 5.82 Å². The SMILES string of the molecule is CNc1nc(CN(C(=O)C(C)(C)C)c2ccc(F)cc2)cs1. The molecule has 1 N–H and O–H groups in total. The van der Waals surface area contributed by atoms with Crippen LogP contribution in [0, 0.1) is 11.2 Å². The smallest absolute Gasteiger partial charge is 0.232 e. The molecule has 0 atom stereocenters. The molecule has 0 radical (unpaired) electrons. The molecule has 0 unspecified atom stereocenters. The van der Waals surface area contributed by atoms with Crippen LogP contribution in [0.2, 0.25) is 0 Å². The fourth-order valence-corrected chi connectivity index (χ4v) is 2.63. The molecule has 0 bridgehead atoms. The zero-order chi connectivity index (χ0) is 16.3. The minimum atomic E-state index is -0.532. The van der Waals surface area contributed by atoms with Crippen LogP contribution in [0.3, 0.4) is 0 Å². The molecule has 6 heteroatoms. The van der Waals surface area contributed by atoms with Gasteiger partial charge in [-0.25, -0.2) is 9.37 Å². The van der Waals surface area contributed by atoms with Crippen LogP contribution in [0.15, 0.2) is 29.6 Å². The third-order valence-electron chi connectivity index (χ3n) is 3.11. The maximum Gasteiger partial charge on any atom is 0.232 e. The fourth-order valence-electron chi connectivity index (χ4n) is 1.96. The lowest BCUT2D eigenvalue weighted by Gasteiger charge is -2.29. The Morgan fingerprint density at radius 1 is 1.32 bits per heavy atom. The number of hydrogen-bond donors (Lipinski definition) is 1. The van der Waals surface area contributed by atoms with Crippen molar-refractivity contribution in [1.29, 1.82) is 0 Å². The number of carbonyl (C=O) groups is 1. The van der Waals surface area contributed by atoms with Crippen LogP contribution in [-0.2, 0) is 11.3 Å². The highest BCUT2D eigenvalue weighted by Crippen LogP contribution is 2.26. The van der Waals surface area contributed by atoms with Gasteiger partial charge in [0.05, 0.1) is 12.2 Å². The second-order valence-corrected chi connectivity index (χ2v) is 6.87. The standard InChI is InChI=1S/C16H20FN3OS/c1-16(2,3)14(21)20(13-7-5-11(17)6-8-13)9-12-10-22-15(18-4)19-12/h5-8,10H,9H2,1-4H3,(H,18,19). The fraction of sp³-hybridized carbons (Fsp3) is 0.375. The lowest BCUT2D eigenvalue weighted by molar-refractivity contribution is -0.125. The summed E-state index contributed by atoms with van der Waals surface area (Å²) in [4.78, 5) is 18.8. The monoisotopic (exact) mass is 321 g/mol. The van der Waals surface area contributed by atoms with Gasteiger partial charge in [0, 0.05) is 23.5 Å². The van der Waals surface area contributed by atoms with E-state index >= 15 is 0 Å². The molecular weight excluding hydrogens is 301 g/mol. The zero-order valence-electron chi connectivity index (χ0n) is 13.2. The van der Waals surface area contributed by atoms with Gasteiger partial charge in [-0.15, -0.1) is 11.3 Å². The molecule has 1 heterocycles. The first-order valence-electron chi connectivity index (χ1n) is 7.01. The minimum absolute atomic E-state index is 0.0295. The van der Waals surface area contributed by atoms with Crippen LogP contribution in [0.1, 0.15) is 26.5 Å². The number of amides is 1. The summed E-state index contributed by atoms with van der Waals surface area (Å²) < 4.78 is 13.1. The number of anilines is 2. The molecule has 2 aromatic rings. The molecule has 0 aliphatic rings. The summed E-state index contributed by atoms with van der Waals surface area (Å²) in [5.74, 6) is -0.351. The number of nitrogens with one attached hydrogen (secondary N) is 1. The first-order valence-corrected chi connectivity index (χ1v) is 7.89. The predicted molar refractivity (Wildman–Crippen MR) is 88.7 cm³/mol. The highest BCUT2D eigenvalue weighted by molar-refractivity contribution is 7.13. The normalized spacial score (nSPS) is 11.3. The van der Waals surface area contributed by atoms with Gasteiger partial charge in [0.25, 0.3) is 0 Å². The molecule has 4 nitrogen and oxygen atoms in total. The summed E-state index contributed by atoms with van der Waals surface area (Å²) in [7, 11) is 1.81. The number of carbonyl (C=O) groups excluding carboxylic acids is 1. The van der Waals surface area contributed by atoms with Gasteiger partial charge in [-0.3, -0.25) is 4.79 Å². The molecule has 0 aliphatic carbocycles. The number of hydrogen-bond acceptors (Lipinski definition) is 4. The van der Waals surface area contributed by atoms with Crippen LogP contribution in [-0.4, -0.2) is 17.9 Å². The number of rotatable bonds is 4. The Morgan fingerprint density at radius 2 is 1.95 bits per heavy atom. The molecule has 0 saturated heterocycles. The summed E-state index contributed by atoms with van der Waals surface area (Å²) in [5, 5.41) is 5.70. The Labute approximate surface area is 134 Å².